The maximum Gasteiger partial charge on any atom is 0.258 e. The third-order valence-electron chi connectivity index (χ3n) is 3.53. The molecule has 6 heteroatoms. The number of aryl methyl sites for hydroxylation is 2. The minimum atomic E-state index is 0.00306. The van der Waals surface area contributed by atoms with Crippen molar-refractivity contribution in [3.8, 4) is 0 Å². The number of anilines is 1. The van der Waals surface area contributed by atoms with E-state index in [1.807, 2.05) is 44.4 Å². The average molecular weight is 283 g/mol. The topological polar surface area (TPSA) is 64.7 Å². The number of benzene rings is 1. The maximum absolute atomic E-state index is 12.1. The second-order valence-corrected chi connectivity index (χ2v) is 5.22. The number of aromatic nitrogens is 4. The summed E-state index contributed by atoms with van der Waals surface area (Å²) in [6.45, 7) is 2.01. The summed E-state index contributed by atoms with van der Waals surface area (Å²) < 4.78 is 3.25. The molecule has 2 heterocycles. The normalized spacial score (nSPS) is 12.5. The van der Waals surface area contributed by atoms with Crippen LogP contribution in [0.25, 0.3) is 10.8 Å². The number of nitrogens with zero attached hydrogens (tertiary/aromatic N) is 4. The van der Waals surface area contributed by atoms with Crippen LogP contribution < -0.4 is 10.9 Å². The average Bonchev–Trinajstić information content (AvgIpc) is 2.90. The van der Waals surface area contributed by atoms with Crippen molar-refractivity contribution in [2.24, 2.45) is 14.1 Å². The first-order valence-corrected chi connectivity index (χ1v) is 6.77. The van der Waals surface area contributed by atoms with Crippen molar-refractivity contribution in [2.45, 2.75) is 13.0 Å². The molecule has 0 saturated heterocycles. The van der Waals surface area contributed by atoms with Gasteiger partial charge in [0.1, 0.15) is 5.69 Å². The summed E-state index contributed by atoms with van der Waals surface area (Å²) in [5.41, 5.74) is 1.76. The first-order chi connectivity index (χ1) is 10.0. The third kappa shape index (κ3) is 2.52. The molecule has 1 aromatic carbocycles. The van der Waals surface area contributed by atoms with Gasteiger partial charge in [-0.15, -0.1) is 5.10 Å². The Balaban J connectivity index is 1.94. The van der Waals surface area contributed by atoms with E-state index >= 15 is 0 Å². The number of fused-ring (bicyclic) bond motifs is 1. The SMILES string of the molecule is CC(Nc1ccc2ccn(C)c(=O)c2c1)c1cn(C)nn1. The molecule has 0 aliphatic heterocycles. The zero-order valence-corrected chi connectivity index (χ0v) is 12.2. The molecule has 21 heavy (non-hydrogen) atoms. The van der Waals surface area contributed by atoms with Gasteiger partial charge < -0.3 is 9.88 Å². The van der Waals surface area contributed by atoms with Crippen molar-refractivity contribution >= 4 is 16.5 Å². The van der Waals surface area contributed by atoms with Crippen LogP contribution in [0.3, 0.4) is 0 Å². The molecule has 0 bridgehead atoms. The molecule has 0 aliphatic rings. The van der Waals surface area contributed by atoms with Crippen LogP contribution in [0, 0.1) is 0 Å². The lowest BCUT2D eigenvalue weighted by molar-refractivity contribution is 0.711. The fourth-order valence-electron chi connectivity index (χ4n) is 2.31. The Bertz CT molecular complexity index is 849. The Morgan fingerprint density at radius 1 is 1.24 bits per heavy atom. The predicted octanol–water partition coefficient (Wildman–Crippen LogP) is 1.84. The molecular weight excluding hydrogens is 266 g/mol. The van der Waals surface area contributed by atoms with Crippen LogP contribution in [-0.4, -0.2) is 19.6 Å². The third-order valence-corrected chi connectivity index (χ3v) is 3.53. The molecule has 0 fully saturated rings. The largest absolute Gasteiger partial charge is 0.377 e. The second kappa shape index (κ2) is 5.05. The smallest absolute Gasteiger partial charge is 0.258 e. The van der Waals surface area contributed by atoms with Crippen molar-refractivity contribution in [3.05, 3.63) is 52.7 Å². The molecule has 0 spiro atoms. The van der Waals surface area contributed by atoms with Gasteiger partial charge in [0.25, 0.3) is 5.56 Å². The van der Waals surface area contributed by atoms with Crippen molar-refractivity contribution in [1.82, 2.24) is 19.6 Å². The minimum Gasteiger partial charge on any atom is -0.377 e. The van der Waals surface area contributed by atoms with E-state index in [2.05, 4.69) is 15.6 Å². The highest BCUT2D eigenvalue weighted by atomic mass is 16.1. The van der Waals surface area contributed by atoms with Gasteiger partial charge in [-0.2, -0.15) is 0 Å². The standard InChI is InChI=1S/C15H17N5O/c1-10(14-9-20(3)18-17-14)16-12-5-4-11-6-7-19(2)15(21)13(11)8-12/h4-10,16H,1-3H3. The number of nitrogens with one attached hydrogen (secondary N) is 1. The number of hydrogen-bond donors (Lipinski definition) is 1. The van der Waals surface area contributed by atoms with Gasteiger partial charge in [-0.3, -0.25) is 9.48 Å². The van der Waals surface area contributed by atoms with Crippen LogP contribution in [0.2, 0.25) is 0 Å². The van der Waals surface area contributed by atoms with E-state index in [0.717, 1.165) is 16.8 Å². The van der Waals surface area contributed by atoms with Gasteiger partial charge in [-0.25, -0.2) is 0 Å². The Hall–Kier alpha value is -2.63. The molecule has 2 aromatic heterocycles. The summed E-state index contributed by atoms with van der Waals surface area (Å²) in [7, 11) is 3.59. The van der Waals surface area contributed by atoms with Crippen LogP contribution in [-0.2, 0) is 14.1 Å². The predicted molar refractivity (Wildman–Crippen MR) is 82.2 cm³/mol. The van der Waals surface area contributed by atoms with Gasteiger partial charge in [0.2, 0.25) is 0 Å². The van der Waals surface area contributed by atoms with E-state index in [9.17, 15) is 4.79 Å². The fraction of sp³-hybridized carbons (Fsp3) is 0.267. The molecule has 6 nitrogen and oxygen atoms in total. The molecule has 3 aromatic rings. The quantitative estimate of drug-likeness (QED) is 0.796. The lowest BCUT2D eigenvalue weighted by Gasteiger charge is -2.13. The van der Waals surface area contributed by atoms with E-state index in [-0.39, 0.29) is 11.6 Å². The molecule has 0 saturated carbocycles. The molecule has 1 unspecified atom stereocenters. The van der Waals surface area contributed by atoms with E-state index in [1.54, 1.807) is 22.5 Å². The van der Waals surface area contributed by atoms with E-state index in [0.29, 0.717) is 5.39 Å². The van der Waals surface area contributed by atoms with Crippen molar-refractivity contribution in [1.29, 1.82) is 0 Å². The van der Waals surface area contributed by atoms with Gasteiger partial charge in [-0.05, 0) is 30.5 Å². The monoisotopic (exact) mass is 283 g/mol. The second-order valence-electron chi connectivity index (χ2n) is 5.22. The van der Waals surface area contributed by atoms with Crippen LogP contribution in [0.5, 0.6) is 0 Å². The highest BCUT2D eigenvalue weighted by Crippen LogP contribution is 2.20. The van der Waals surface area contributed by atoms with E-state index in [1.165, 1.54) is 0 Å². The summed E-state index contributed by atoms with van der Waals surface area (Å²) >= 11 is 0. The molecule has 0 amide bonds. The molecular formula is C15H17N5O. The van der Waals surface area contributed by atoms with Gasteiger partial charge in [0.15, 0.2) is 0 Å². The Morgan fingerprint density at radius 3 is 2.76 bits per heavy atom. The summed E-state index contributed by atoms with van der Waals surface area (Å²) in [6, 6.07) is 7.75. The minimum absolute atomic E-state index is 0.00306. The highest BCUT2D eigenvalue weighted by molar-refractivity contribution is 5.84. The molecule has 1 atom stereocenters. The van der Waals surface area contributed by atoms with Crippen molar-refractivity contribution in [2.75, 3.05) is 5.32 Å². The van der Waals surface area contributed by atoms with Crippen molar-refractivity contribution < 1.29 is 0 Å². The fourth-order valence-corrected chi connectivity index (χ4v) is 2.31. The summed E-state index contributed by atoms with van der Waals surface area (Å²) in [4.78, 5) is 12.1. The Morgan fingerprint density at radius 2 is 2.05 bits per heavy atom. The molecule has 0 aliphatic carbocycles. The van der Waals surface area contributed by atoms with E-state index < -0.39 is 0 Å². The maximum atomic E-state index is 12.1. The van der Waals surface area contributed by atoms with Crippen LogP contribution >= 0.6 is 0 Å². The van der Waals surface area contributed by atoms with E-state index in [4.69, 9.17) is 0 Å². The van der Waals surface area contributed by atoms with Gasteiger partial charge >= 0.3 is 0 Å². The molecule has 3 rings (SSSR count). The van der Waals surface area contributed by atoms with Crippen LogP contribution in [0.4, 0.5) is 5.69 Å². The number of hydrogen-bond acceptors (Lipinski definition) is 4. The molecule has 1 N–H and O–H groups in total. The van der Waals surface area contributed by atoms with Gasteiger partial charge in [0, 0.05) is 31.4 Å². The zero-order chi connectivity index (χ0) is 15.0. The molecule has 0 radical (unpaired) electrons. The molecule has 108 valence electrons. The summed E-state index contributed by atoms with van der Waals surface area (Å²) in [6.07, 6.45) is 3.65. The van der Waals surface area contributed by atoms with Gasteiger partial charge in [-0.1, -0.05) is 11.3 Å². The first kappa shape index (κ1) is 13.4. The van der Waals surface area contributed by atoms with Gasteiger partial charge in [0.05, 0.1) is 12.2 Å². The number of rotatable bonds is 3. The number of pyridine rings is 1. The first-order valence-electron chi connectivity index (χ1n) is 6.77. The lowest BCUT2D eigenvalue weighted by atomic mass is 10.1. The van der Waals surface area contributed by atoms with Crippen molar-refractivity contribution in [3.63, 3.8) is 0 Å². The zero-order valence-electron chi connectivity index (χ0n) is 12.2. The van der Waals surface area contributed by atoms with Crippen LogP contribution in [0.1, 0.15) is 18.7 Å². The van der Waals surface area contributed by atoms with Crippen LogP contribution in [0.15, 0.2) is 41.5 Å². The Labute approximate surface area is 122 Å². The lowest BCUT2D eigenvalue weighted by Crippen LogP contribution is -2.15. The Kier molecular flexibility index (Phi) is 3.21. The highest BCUT2D eigenvalue weighted by Gasteiger charge is 2.10. The summed E-state index contributed by atoms with van der Waals surface area (Å²) in [5, 5.41) is 13.0. The summed E-state index contributed by atoms with van der Waals surface area (Å²) in [5.74, 6) is 0.